The summed E-state index contributed by atoms with van der Waals surface area (Å²) in [4.78, 5) is 11.8. The first-order valence-corrected chi connectivity index (χ1v) is 5.22. The third-order valence-corrected chi connectivity index (χ3v) is 2.63. The maximum Gasteiger partial charge on any atom is 0.242 e. The monoisotopic (exact) mass is 244 g/mol. The largest absolute Gasteiger partial charge is 0.310 e. The summed E-state index contributed by atoms with van der Waals surface area (Å²) >= 11 is 0. The average molecular weight is 245 g/mol. The van der Waals surface area contributed by atoms with Crippen molar-refractivity contribution < 1.29 is 4.79 Å². The molecule has 5 nitrogen and oxygen atoms in total. The number of aryl methyl sites for hydroxylation is 2. The summed E-state index contributed by atoms with van der Waals surface area (Å²) in [6.45, 7) is 2.84. The zero-order chi connectivity index (χ0) is 10.8. The van der Waals surface area contributed by atoms with Gasteiger partial charge in [0.15, 0.2) is 0 Å². The Morgan fingerprint density at radius 3 is 2.94 bits per heavy atom. The number of carbonyl (C=O) groups is 1. The summed E-state index contributed by atoms with van der Waals surface area (Å²) in [5.74, 6) is 0.793. The first-order valence-electron chi connectivity index (χ1n) is 5.22. The molecule has 16 heavy (non-hydrogen) atoms. The third-order valence-electron chi connectivity index (χ3n) is 2.63. The zero-order valence-corrected chi connectivity index (χ0v) is 10.3. The number of rotatable bonds is 2. The maximum absolute atomic E-state index is 11.8. The Balaban J connectivity index is 0.00000128. The van der Waals surface area contributed by atoms with Crippen LogP contribution < -0.4 is 10.6 Å². The van der Waals surface area contributed by atoms with Gasteiger partial charge in [-0.1, -0.05) is 0 Å². The second-order valence-electron chi connectivity index (χ2n) is 3.93. The lowest BCUT2D eigenvalue weighted by molar-refractivity contribution is -0.117. The zero-order valence-electron chi connectivity index (χ0n) is 9.49. The second kappa shape index (κ2) is 5.32. The minimum atomic E-state index is -0.0415. The molecule has 1 aliphatic rings. The molecule has 0 bridgehead atoms. The van der Waals surface area contributed by atoms with Gasteiger partial charge in [0.05, 0.1) is 11.7 Å². The Bertz CT molecular complexity index is 371. The molecule has 1 aliphatic heterocycles. The van der Waals surface area contributed by atoms with Crippen LogP contribution in [0.3, 0.4) is 0 Å². The fourth-order valence-corrected chi connectivity index (χ4v) is 1.85. The van der Waals surface area contributed by atoms with E-state index in [2.05, 4.69) is 15.7 Å². The van der Waals surface area contributed by atoms with E-state index in [9.17, 15) is 4.79 Å². The van der Waals surface area contributed by atoms with Crippen molar-refractivity contribution in [2.75, 3.05) is 11.9 Å². The SMILES string of the molecule is Cc1cc(NC(=O)[C@@H]2CCCN2)n(C)n1.Cl. The van der Waals surface area contributed by atoms with Gasteiger partial charge < -0.3 is 10.6 Å². The van der Waals surface area contributed by atoms with Crippen molar-refractivity contribution in [1.29, 1.82) is 0 Å². The molecule has 0 radical (unpaired) electrons. The fourth-order valence-electron chi connectivity index (χ4n) is 1.85. The number of nitrogens with zero attached hydrogens (tertiary/aromatic N) is 2. The van der Waals surface area contributed by atoms with Gasteiger partial charge in [-0.15, -0.1) is 12.4 Å². The fraction of sp³-hybridized carbons (Fsp3) is 0.600. The van der Waals surface area contributed by atoms with Crippen LogP contribution in [0.15, 0.2) is 6.07 Å². The van der Waals surface area contributed by atoms with Crippen molar-refractivity contribution in [3.05, 3.63) is 11.8 Å². The average Bonchev–Trinajstić information content (AvgIpc) is 2.76. The summed E-state index contributed by atoms with van der Waals surface area (Å²) < 4.78 is 1.68. The molecule has 0 aliphatic carbocycles. The highest BCUT2D eigenvalue weighted by atomic mass is 35.5. The van der Waals surface area contributed by atoms with Crippen LogP contribution in [0.1, 0.15) is 18.5 Å². The van der Waals surface area contributed by atoms with Crippen LogP contribution in [-0.2, 0) is 11.8 Å². The summed E-state index contributed by atoms with van der Waals surface area (Å²) in [5, 5.41) is 10.2. The van der Waals surface area contributed by atoms with E-state index in [1.54, 1.807) is 4.68 Å². The number of hydrogen-bond acceptors (Lipinski definition) is 3. The molecule has 1 atom stereocenters. The smallest absolute Gasteiger partial charge is 0.242 e. The molecule has 0 spiro atoms. The van der Waals surface area contributed by atoms with Crippen molar-refractivity contribution in [3.8, 4) is 0 Å². The number of aromatic nitrogens is 2. The van der Waals surface area contributed by atoms with Gasteiger partial charge in [-0.25, -0.2) is 0 Å². The molecular formula is C10H17ClN4O. The second-order valence-corrected chi connectivity index (χ2v) is 3.93. The Labute approximate surface area is 101 Å². The Morgan fingerprint density at radius 2 is 2.44 bits per heavy atom. The molecule has 2 rings (SSSR count). The summed E-state index contributed by atoms with van der Waals surface area (Å²) in [7, 11) is 1.82. The lowest BCUT2D eigenvalue weighted by atomic mass is 10.2. The highest BCUT2D eigenvalue weighted by Gasteiger charge is 2.22. The molecular weight excluding hydrogens is 228 g/mol. The highest BCUT2D eigenvalue weighted by molar-refractivity contribution is 5.94. The first kappa shape index (κ1) is 13.0. The summed E-state index contributed by atoms with van der Waals surface area (Å²) in [6, 6.07) is 1.83. The third kappa shape index (κ3) is 2.74. The lowest BCUT2D eigenvalue weighted by Gasteiger charge is -2.10. The van der Waals surface area contributed by atoms with Gasteiger partial charge in [0, 0.05) is 13.1 Å². The van der Waals surface area contributed by atoms with Gasteiger partial charge >= 0.3 is 0 Å². The van der Waals surface area contributed by atoms with E-state index in [0.717, 1.165) is 30.9 Å². The summed E-state index contributed by atoms with van der Waals surface area (Å²) in [6.07, 6.45) is 1.99. The van der Waals surface area contributed by atoms with Gasteiger partial charge in [0.2, 0.25) is 5.91 Å². The van der Waals surface area contributed by atoms with Crippen LogP contribution in [0.4, 0.5) is 5.82 Å². The number of hydrogen-bond donors (Lipinski definition) is 2. The quantitative estimate of drug-likeness (QED) is 0.811. The van der Waals surface area contributed by atoms with Gasteiger partial charge in [-0.3, -0.25) is 9.48 Å². The maximum atomic E-state index is 11.8. The van der Waals surface area contributed by atoms with Gasteiger partial charge in [-0.2, -0.15) is 5.10 Å². The van der Waals surface area contributed by atoms with Crippen molar-refractivity contribution in [2.24, 2.45) is 7.05 Å². The first-order chi connectivity index (χ1) is 7.16. The van der Waals surface area contributed by atoms with Crippen molar-refractivity contribution in [2.45, 2.75) is 25.8 Å². The van der Waals surface area contributed by atoms with E-state index in [1.165, 1.54) is 0 Å². The molecule has 0 saturated carbocycles. The predicted molar refractivity (Wildman–Crippen MR) is 64.8 cm³/mol. The van der Waals surface area contributed by atoms with Crippen LogP contribution in [0, 0.1) is 6.92 Å². The summed E-state index contributed by atoms with van der Waals surface area (Å²) in [5.41, 5.74) is 0.909. The lowest BCUT2D eigenvalue weighted by Crippen LogP contribution is -2.35. The van der Waals surface area contributed by atoms with Crippen molar-refractivity contribution in [1.82, 2.24) is 15.1 Å². The molecule has 1 saturated heterocycles. The van der Waals surface area contributed by atoms with E-state index in [0.29, 0.717) is 0 Å². The predicted octanol–water partition coefficient (Wildman–Crippen LogP) is 0.841. The van der Waals surface area contributed by atoms with Crippen LogP contribution in [-0.4, -0.2) is 28.3 Å². The molecule has 1 aromatic heterocycles. The normalized spacial score (nSPS) is 19.2. The molecule has 1 aromatic rings. The molecule has 2 heterocycles. The molecule has 1 amide bonds. The Kier molecular flexibility index (Phi) is 4.32. The van der Waals surface area contributed by atoms with E-state index < -0.39 is 0 Å². The van der Waals surface area contributed by atoms with Crippen molar-refractivity contribution >= 4 is 24.1 Å². The minimum Gasteiger partial charge on any atom is -0.310 e. The molecule has 2 N–H and O–H groups in total. The van der Waals surface area contributed by atoms with Crippen LogP contribution in [0.25, 0.3) is 0 Å². The van der Waals surface area contributed by atoms with Crippen LogP contribution in [0.5, 0.6) is 0 Å². The topological polar surface area (TPSA) is 59.0 Å². The minimum absolute atomic E-state index is 0. The number of halogens is 1. The molecule has 0 unspecified atom stereocenters. The number of carbonyl (C=O) groups excluding carboxylic acids is 1. The number of anilines is 1. The van der Waals surface area contributed by atoms with Crippen molar-refractivity contribution in [3.63, 3.8) is 0 Å². The molecule has 90 valence electrons. The number of nitrogens with one attached hydrogen (secondary N) is 2. The van der Waals surface area contributed by atoms with Crippen LogP contribution >= 0.6 is 12.4 Å². The van der Waals surface area contributed by atoms with Gasteiger partial charge in [-0.05, 0) is 26.3 Å². The highest BCUT2D eigenvalue weighted by Crippen LogP contribution is 2.11. The Hall–Kier alpha value is -1.07. The molecule has 1 fully saturated rings. The van der Waals surface area contributed by atoms with Gasteiger partial charge in [0.1, 0.15) is 5.82 Å². The van der Waals surface area contributed by atoms with E-state index in [-0.39, 0.29) is 24.4 Å². The van der Waals surface area contributed by atoms with E-state index in [1.807, 2.05) is 20.0 Å². The van der Waals surface area contributed by atoms with Gasteiger partial charge in [0.25, 0.3) is 0 Å². The molecule has 6 heteroatoms. The standard InChI is InChI=1S/C10H16N4O.ClH/c1-7-6-9(14(2)13-7)12-10(15)8-4-3-5-11-8;/h6,8,11H,3-5H2,1-2H3,(H,12,15);1H/t8-;/m0./s1. The Morgan fingerprint density at radius 1 is 1.69 bits per heavy atom. The molecule has 0 aromatic carbocycles. The van der Waals surface area contributed by atoms with Crippen LogP contribution in [0.2, 0.25) is 0 Å². The van der Waals surface area contributed by atoms with E-state index >= 15 is 0 Å². The number of amides is 1. The van der Waals surface area contributed by atoms with E-state index in [4.69, 9.17) is 0 Å².